The van der Waals surface area contributed by atoms with E-state index in [2.05, 4.69) is 13.5 Å². The highest BCUT2D eigenvalue weighted by Gasteiger charge is 1.85. The molecule has 0 aromatic heterocycles. The maximum atomic E-state index is 10.1. The van der Waals surface area contributed by atoms with Crippen LogP contribution >= 0.6 is 0 Å². The lowest BCUT2D eigenvalue weighted by Gasteiger charge is -1.94. The van der Waals surface area contributed by atoms with Gasteiger partial charge in [-0.2, -0.15) is 0 Å². The zero-order chi connectivity index (χ0) is 13.6. The van der Waals surface area contributed by atoms with E-state index in [1.54, 1.807) is 0 Å². The number of carbonyl (C=O) groups is 1. The first-order valence-corrected chi connectivity index (χ1v) is 6.87. The van der Waals surface area contributed by atoms with E-state index in [1.165, 1.54) is 44.1 Å². The lowest BCUT2D eigenvalue weighted by molar-refractivity contribution is 0.112. The molecular formula is C17H26O. The average molecular weight is 246 g/mol. The Morgan fingerprint density at radius 2 is 1.67 bits per heavy atom. The highest BCUT2D eigenvalue weighted by Crippen LogP contribution is 2.04. The summed E-state index contributed by atoms with van der Waals surface area (Å²) in [5.41, 5.74) is 1.92. The van der Waals surface area contributed by atoms with Crippen molar-refractivity contribution in [2.75, 3.05) is 0 Å². The van der Waals surface area contributed by atoms with Crippen LogP contribution in [0.15, 0.2) is 36.9 Å². The molecule has 0 amide bonds. The molecule has 0 atom stereocenters. The Hall–Kier alpha value is -1.37. The van der Waals surface area contributed by atoms with Crippen LogP contribution in [0.3, 0.4) is 0 Å². The van der Waals surface area contributed by atoms with Gasteiger partial charge in [-0.15, -0.1) is 6.58 Å². The Bertz CT molecular complexity index is 311. The van der Waals surface area contributed by atoms with Crippen molar-refractivity contribution in [3.05, 3.63) is 48.0 Å². The van der Waals surface area contributed by atoms with Gasteiger partial charge in [0, 0.05) is 5.56 Å². The number of hydrogen-bond acceptors (Lipinski definition) is 1. The van der Waals surface area contributed by atoms with Gasteiger partial charge in [-0.05, 0) is 19.8 Å². The molecule has 1 nitrogen and oxygen atoms in total. The second-order valence-corrected chi connectivity index (χ2v) is 4.52. The molecule has 0 heterocycles. The van der Waals surface area contributed by atoms with E-state index in [-0.39, 0.29) is 0 Å². The number of aldehydes is 1. The van der Waals surface area contributed by atoms with Gasteiger partial charge in [-0.1, -0.05) is 68.5 Å². The molecule has 0 N–H and O–H groups in total. The summed E-state index contributed by atoms with van der Waals surface area (Å²) in [4.78, 5) is 10.1. The molecule has 0 saturated carbocycles. The van der Waals surface area contributed by atoms with Gasteiger partial charge in [0.2, 0.25) is 0 Å². The lowest BCUT2D eigenvalue weighted by atomic mass is 10.1. The van der Waals surface area contributed by atoms with Crippen molar-refractivity contribution in [2.24, 2.45) is 0 Å². The van der Waals surface area contributed by atoms with Crippen LogP contribution < -0.4 is 0 Å². The topological polar surface area (TPSA) is 17.1 Å². The van der Waals surface area contributed by atoms with Gasteiger partial charge < -0.3 is 0 Å². The summed E-state index contributed by atoms with van der Waals surface area (Å²) in [6.07, 6.45) is 10.9. The van der Waals surface area contributed by atoms with Crippen LogP contribution in [0.1, 0.15) is 61.4 Å². The SMILES string of the molecule is C=CCCCCCCC.Cc1ccc(C=O)cc1. The monoisotopic (exact) mass is 246 g/mol. The molecule has 100 valence electrons. The summed E-state index contributed by atoms with van der Waals surface area (Å²) < 4.78 is 0. The molecule has 0 aliphatic heterocycles. The largest absolute Gasteiger partial charge is 0.298 e. The van der Waals surface area contributed by atoms with Crippen molar-refractivity contribution in [1.82, 2.24) is 0 Å². The van der Waals surface area contributed by atoms with Crippen molar-refractivity contribution in [3.63, 3.8) is 0 Å². The third-order valence-electron chi connectivity index (χ3n) is 2.73. The second kappa shape index (κ2) is 12.1. The molecule has 0 aliphatic carbocycles. The van der Waals surface area contributed by atoms with E-state index in [1.807, 2.05) is 37.3 Å². The molecule has 0 radical (unpaired) electrons. The highest BCUT2D eigenvalue weighted by atomic mass is 16.1. The van der Waals surface area contributed by atoms with Crippen molar-refractivity contribution in [3.8, 4) is 0 Å². The Morgan fingerprint density at radius 3 is 2.17 bits per heavy atom. The van der Waals surface area contributed by atoms with Gasteiger partial charge in [0.05, 0.1) is 0 Å². The van der Waals surface area contributed by atoms with E-state index >= 15 is 0 Å². The molecule has 1 aromatic rings. The Labute approximate surface area is 112 Å². The van der Waals surface area contributed by atoms with Crippen LogP contribution in [0.2, 0.25) is 0 Å². The van der Waals surface area contributed by atoms with Crippen molar-refractivity contribution in [2.45, 2.75) is 52.4 Å². The zero-order valence-corrected chi connectivity index (χ0v) is 11.8. The molecule has 0 fully saturated rings. The number of aryl methyl sites for hydroxylation is 1. The number of allylic oxidation sites excluding steroid dienone is 1. The molecule has 0 saturated heterocycles. The van der Waals surface area contributed by atoms with Gasteiger partial charge >= 0.3 is 0 Å². The normalized spacial score (nSPS) is 9.22. The van der Waals surface area contributed by atoms with Crippen LogP contribution in [0, 0.1) is 6.92 Å². The summed E-state index contributed by atoms with van der Waals surface area (Å²) in [5, 5.41) is 0. The fraction of sp³-hybridized carbons (Fsp3) is 0.471. The second-order valence-electron chi connectivity index (χ2n) is 4.52. The fourth-order valence-electron chi connectivity index (χ4n) is 1.54. The Balaban J connectivity index is 0.000000321. The molecule has 0 bridgehead atoms. The van der Waals surface area contributed by atoms with Crippen LogP contribution in [0.5, 0.6) is 0 Å². The third kappa shape index (κ3) is 9.83. The molecule has 1 heteroatoms. The summed E-state index contributed by atoms with van der Waals surface area (Å²) >= 11 is 0. The number of rotatable bonds is 7. The third-order valence-corrected chi connectivity index (χ3v) is 2.73. The quantitative estimate of drug-likeness (QED) is 0.360. The molecule has 1 rings (SSSR count). The number of carbonyl (C=O) groups excluding carboxylic acids is 1. The van der Waals surface area contributed by atoms with Crippen LogP contribution in [-0.2, 0) is 0 Å². The van der Waals surface area contributed by atoms with E-state index in [0.29, 0.717) is 0 Å². The maximum Gasteiger partial charge on any atom is 0.150 e. The number of benzene rings is 1. The van der Waals surface area contributed by atoms with Crippen molar-refractivity contribution >= 4 is 6.29 Å². The van der Waals surface area contributed by atoms with Crippen molar-refractivity contribution < 1.29 is 4.79 Å². The fourth-order valence-corrected chi connectivity index (χ4v) is 1.54. The minimum Gasteiger partial charge on any atom is -0.298 e. The lowest BCUT2D eigenvalue weighted by Crippen LogP contribution is -1.77. The predicted molar refractivity (Wildman–Crippen MR) is 80.1 cm³/mol. The zero-order valence-electron chi connectivity index (χ0n) is 11.8. The van der Waals surface area contributed by atoms with Gasteiger partial charge in [-0.25, -0.2) is 0 Å². The average Bonchev–Trinajstić information content (AvgIpc) is 2.40. The van der Waals surface area contributed by atoms with Gasteiger partial charge in [-0.3, -0.25) is 4.79 Å². The summed E-state index contributed by atoms with van der Waals surface area (Å²) in [6.45, 7) is 7.92. The number of unbranched alkanes of at least 4 members (excludes halogenated alkanes) is 5. The highest BCUT2D eigenvalue weighted by molar-refractivity contribution is 5.74. The molecule has 18 heavy (non-hydrogen) atoms. The van der Waals surface area contributed by atoms with E-state index in [4.69, 9.17) is 0 Å². The molecule has 1 aromatic carbocycles. The van der Waals surface area contributed by atoms with Gasteiger partial charge in [0.15, 0.2) is 0 Å². The number of hydrogen-bond donors (Lipinski definition) is 0. The first-order chi connectivity index (χ1) is 8.74. The molecular weight excluding hydrogens is 220 g/mol. The first-order valence-electron chi connectivity index (χ1n) is 6.87. The van der Waals surface area contributed by atoms with E-state index in [0.717, 1.165) is 11.8 Å². The summed E-state index contributed by atoms with van der Waals surface area (Å²) in [6, 6.07) is 7.46. The Kier molecular flexibility index (Phi) is 11.2. The summed E-state index contributed by atoms with van der Waals surface area (Å²) in [5.74, 6) is 0. The smallest absolute Gasteiger partial charge is 0.150 e. The summed E-state index contributed by atoms with van der Waals surface area (Å²) in [7, 11) is 0. The van der Waals surface area contributed by atoms with Crippen LogP contribution in [0.25, 0.3) is 0 Å². The minimum absolute atomic E-state index is 0.737. The molecule has 0 spiro atoms. The van der Waals surface area contributed by atoms with Gasteiger partial charge in [0.25, 0.3) is 0 Å². The van der Waals surface area contributed by atoms with Crippen LogP contribution in [-0.4, -0.2) is 6.29 Å². The van der Waals surface area contributed by atoms with E-state index < -0.39 is 0 Å². The standard InChI is InChI=1S/C9H18.C8H8O/c1-3-5-7-9-8-6-4-2;1-7-2-4-8(6-9)5-3-7/h3H,1,4-9H2,2H3;2-6H,1H3. The predicted octanol–water partition coefficient (Wildman–Crippen LogP) is 5.34. The van der Waals surface area contributed by atoms with Crippen LogP contribution in [0.4, 0.5) is 0 Å². The molecule has 0 aliphatic rings. The van der Waals surface area contributed by atoms with Crippen molar-refractivity contribution in [1.29, 1.82) is 0 Å². The minimum atomic E-state index is 0.737. The Morgan fingerprint density at radius 1 is 1.06 bits per heavy atom. The van der Waals surface area contributed by atoms with Gasteiger partial charge in [0.1, 0.15) is 6.29 Å². The maximum absolute atomic E-state index is 10.1. The first kappa shape index (κ1) is 16.6. The van der Waals surface area contributed by atoms with E-state index in [9.17, 15) is 4.79 Å². The molecule has 0 unspecified atom stereocenters.